The number of ether oxygens (including phenoxy) is 2. The Morgan fingerprint density at radius 1 is 1.28 bits per heavy atom. The molecule has 140 valence electrons. The van der Waals surface area contributed by atoms with E-state index in [0.717, 1.165) is 0 Å². The van der Waals surface area contributed by atoms with E-state index in [1.807, 2.05) is 0 Å². The number of hydrogen-bond donors (Lipinski definition) is 1. The Hall–Kier alpha value is -1.94. The Balaban J connectivity index is 2.30. The highest BCUT2D eigenvalue weighted by molar-refractivity contribution is 7.89. The molecule has 2 rings (SSSR count). The average Bonchev–Trinajstić information content (AvgIpc) is 2.98. The second-order valence-corrected chi connectivity index (χ2v) is 7.56. The predicted octanol–water partition coefficient (Wildman–Crippen LogP) is 0.859. The molecule has 10 heteroatoms. The summed E-state index contributed by atoms with van der Waals surface area (Å²) in [7, 11) is -4.03. The van der Waals surface area contributed by atoms with Crippen LogP contribution in [-0.4, -0.2) is 61.2 Å². The van der Waals surface area contributed by atoms with Gasteiger partial charge in [0.05, 0.1) is 19.1 Å². The van der Waals surface area contributed by atoms with Crippen LogP contribution in [0.1, 0.15) is 42.7 Å². The summed E-state index contributed by atoms with van der Waals surface area (Å²) in [5.41, 5.74) is 0.219. The smallest absolute Gasteiger partial charge is 0.343 e. The van der Waals surface area contributed by atoms with E-state index >= 15 is 0 Å². The minimum Gasteiger partial charge on any atom is -0.466 e. The highest BCUT2D eigenvalue weighted by atomic mass is 32.2. The molecule has 0 unspecified atom stereocenters. The summed E-state index contributed by atoms with van der Waals surface area (Å²) < 4.78 is 37.0. The molecular formula is C15H23N3O6S. The zero-order chi connectivity index (χ0) is 18.6. The zero-order valence-electron chi connectivity index (χ0n) is 14.6. The Labute approximate surface area is 146 Å². The van der Waals surface area contributed by atoms with Crippen molar-refractivity contribution in [2.45, 2.75) is 38.6 Å². The summed E-state index contributed by atoms with van der Waals surface area (Å²) in [6.07, 6.45) is 1.09. The molecule has 1 aromatic rings. The van der Waals surface area contributed by atoms with Crippen molar-refractivity contribution in [2.24, 2.45) is 5.92 Å². The molecule has 1 aliphatic heterocycles. The lowest BCUT2D eigenvalue weighted by Crippen LogP contribution is -2.43. The molecule has 0 aliphatic carbocycles. The Morgan fingerprint density at radius 2 is 1.96 bits per heavy atom. The standard InChI is InChI=1S/C15H23N3O6S/c1-4-23-14(19)11-7-6-8-18(9-11)25(21,22)13-12(10(3)16-17-13)15(20)24-5-2/h11H,4-9H2,1-3H3,(H,16,17)/t11-/m1/s1. The summed E-state index contributed by atoms with van der Waals surface area (Å²) >= 11 is 0. The van der Waals surface area contributed by atoms with Crippen molar-refractivity contribution >= 4 is 22.0 Å². The molecule has 25 heavy (non-hydrogen) atoms. The van der Waals surface area contributed by atoms with Gasteiger partial charge >= 0.3 is 11.9 Å². The number of carbonyl (C=O) groups is 2. The van der Waals surface area contributed by atoms with Gasteiger partial charge in [0, 0.05) is 18.8 Å². The number of carbonyl (C=O) groups excluding carboxylic acids is 2. The van der Waals surface area contributed by atoms with Gasteiger partial charge in [0.25, 0.3) is 10.0 Å². The quantitative estimate of drug-likeness (QED) is 0.735. The van der Waals surface area contributed by atoms with Crippen molar-refractivity contribution in [3.8, 4) is 0 Å². The lowest BCUT2D eigenvalue weighted by atomic mass is 10.0. The molecule has 1 fully saturated rings. The number of nitrogens with one attached hydrogen (secondary N) is 1. The molecule has 1 saturated heterocycles. The fourth-order valence-electron chi connectivity index (χ4n) is 2.77. The van der Waals surface area contributed by atoms with Gasteiger partial charge in [-0.05, 0) is 33.6 Å². The minimum atomic E-state index is -4.03. The largest absolute Gasteiger partial charge is 0.466 e. The Kier molecular flexibility index (Phi) is 6.17. The van der Waals surface area contributed by atoms with Crippen LogP contribution < -0.4 is 0 Å². The SMILES string of the molecule is CCOC(=O)c1c(S(=O)(=O)N2CCC[C@@H](C(=O)OCC)C2)n[nH]c1C. The fraction of sp³-hybridized carbons (Fsp3) is 0.667. The van der Waals surface area contributed by atoms with Crippen molar-refractivity contribution in [2.75, 3.05) is 26.3 Å². The Bertz CT molecular complexity index is 742. The number of aryl methyl sites for hydroxylation is 1. The summed E-state index contributed by atoms with van der Waals surface area (Å²) in [6.45, 7) is 5.52. The monoisotopic (exact) mass is 373 g/mol. The predicted molar refractivity (Wildman–Crippen MR) is 87.4 cm³/mol. The normalized spacial score (nSPS) is 18.8. The number of nitrogens with zero attached hydrogens (tertiary/aromatic N) is 2. The molecule has 1 atom stereocenters. The van der Waals surface area contributed by atoms with Crippen LogP contribution in [0.25, 0.3) is 0 Å². The Morgan fingerprint density at radius 3 is 2.60 bits per heavy atom. The molecule has 0 saturated carbocycles. The van der Waals surface area contributed by atoms with Gasteiger partial charge in [-0.25, -0.2) is 13.2 Å². The van der Waals surface area contributed by atoms with Crippen LogP contribution in [-0.2, 0) is 24.3 Å². The van der Waals surface area contributed by atoms with Gasteiger partial charge in [0.1, 0.15) is 5.56 Å². The number of sulfonamides is 1. The number of esters is 2. The van der Waals surface area contributed by atoms with Gasteiger partial charge in [0.2, 0.25) is 5.03 Å². The lowest BCUT2D eigenvalue weighted by Gasteiger charge is -2.30. The third-order valence-electron chi connectivity index (χ3n) is 3.98. The summed E-state index contributed by atoms with van der Waals surface area (Å²) in [4.78, 5) is 24.0. The summed E-state index contributed by atoms with van der Waals surface area (Å²) in [5, 5.41) is 5.96. The second-order valence-electron chi connectivity index (χ2n) is 5.70. The average molecular weight is 373 g/mol. The first-order valence-corrected chi connectivity index (χ1v) is 9.65. The van der Waals surface area contributed by atoms with Crippen LogP contribution in [0.4, 0.5) is 0 Å². The third-order valence-corrected chi connectivity index (χ3v) is 5.78. The molecule has 0 spiro atoms. The number of aromatic amines is 1. The van der Waals surface area contributed by atoms with Crippen LogP contribution in [0.5, 0.6) is 0 Å². The zero-order valence-corrected chi connectivity index (χ0v) is 15.4. The van der Waals surface area contributed by atoms with E-state index in [1.54, 1.807) is 20.8 Å². The first-order valence-electron chi connectivity index (χ1n) is 8.21. The second kappa shape index (κ2) is 7.96. The van der Waals surface area contributed by atoms with Gasteiger partial charge in [0.15, 0.2) is 0 Å². The van der Waals surface area contributed by atoms with Crippen LogP contribution in [0, 0.1) is 12.8 Å². The number of H-pyrrole nitrogens is 1. The number of piperidine rings is 1. The third kappa shape index (κ3) is 4.01. The van der Waals surface area contributed by atoms with Crippen LogP contribution in [0.3, 0.4) is 0 Å². The molecule has 0 radical (unpaired) electrons. The van der Waals surface area contributed by atoms with Crippen molar-refractivity contribution < 1.29 is 27.5 Å². The van der Waals surface area contributed by atoms with Gasteiger partial charge in [-0.2, -0.15) is 9.40 Å². The first-order chi connectivity index (χ1) is 11.8. The molecular weight excluding hydrogens is 350 g/mol. The molecule has 1 N–H and O–H groups in total. The van der Waals surface area contributed by atoms with Crippen molar-refractivity contribution in [1.82, 2.24) is 14.5 Å². The summed E-state index contributed by atoms with van der Waals surface area (Å²) in [6, 6.07) is 0. The van der Waals surface area contributed by atoms with Gasteiger partial charge in [-0.15, -0.1) is 0 Å². The minimum absolute atomic E-state index is 0.00927. The van der Waals surface area contributed by atoms with Crippen molar-refractivity contribution in [3.63, 3.8) is 0 Å². The van der Waals surface area contributed by atoms with Crippen LogP contribution in [0.15, 0.2) is 5.03 Å². The van der Waals surface area contributed by atoms with Crippen LogP contribution in [0.2, 0.25) is 0 Å². The molecule has 2 heterocycles. The van der Waals surface area contributed by atoms with E-state index in [1.165, 1.54) is 4.31 Å². The van der Waals surface area contributed by atoms with E-state index in [9.17, 15) is 18.0 Å². The van der Waals surface area contributed by atoms with Gasteiger partial charge < -0.3 is 9.47 Å². The van der Waals surface area contributed by atoms with Crippen molar-refractivity contribution in [1.29, 1.82) is 0 Å². The topological polar surface area (TPSA) is 119 Å². The van der Waals surface area contributed by atoms with E-state index in [-0.39, 0.29) is 36.9 Å². The van der Waals surface area contributed by atoms with E-state index in [4.69, 9.17) is 9.47 Å². The lowest BCUT2D eigenvalue weighted by molar-refractivity contribution is -0.149. The number of hydrogen-bond acceptors (Lipinski definition) is 7. The first kappa shape index (κ1) is 19.4. The molecule has 0 amide bonds. The van der Waals surface area contributed by atoms with Gasteiger partial charge in [-0.1, -0.05) is 0 Å². The number of rotatable bonds is 6. The maximum Gasteiger partial charge on any atom is 0.343 e. The van der Waals surface area contributed by atoms with Crippen LogP contribution >= 0.6 is 0 Å². The maximum atomic E-state index is 12.9. The molecule has 9 nitrogen and oxygen atoms in total. The number of aromatic nitrogens is 2. The van der Waals surface area contributed by atoms with Crippen molar-refractivity contribution in [3.05, 3.63) is 11.3 Å². The molecule has 1 aromatic heterocycles. The molecule has 0 aromatic carbocycles. The molecule has 0 bridgehead atoms. The molecule has 1 aliphatic rings. The summed E-state index contributed by atoms with van der Waals surface area (Å²) in [5.74, 6) is -1.67. The van der Waals surface area contributed by atoms with E-state index < -0.39 is 27.9 Å². The highest BCUT2D eigenvalue weighted by Crippen LogP contribution is 2.26. The maximum absolute atomic E-state index is 12.9. The highest BCUT2D eigenvalue weighted by Gasteiger charge is 2.38. The van der Waals surface area contributed by atoms with E-state index in [2.05, 4.69) is 10.2 Å². The van der Waals surface area contributed by atoms with Gasteiger partial charge in [-0.3, -0.25) is 9.89 Å². The van der Waals surface area contributed by atoms with E-state index in [0.29, 0.717) is 18.5 Å². The fourth-order valence-corrected chi connectivity index (χ4v) is 4.42.